The number of aliphatic hydroxyl groups is 2. The molecule has 1 saturated heterocycles. The Balaban J connectivity index is 2.75. The summed E-state index contributed by atoms with van der Waals surface area (Å²) in [4.78, 5) is 10.7. The van der Waals surface area contributed by atoms with Crippen LogP contribution < -0.4 is 5.73 Å². The summed E-state index contributed by atoms with van der Waals surface area (Å²) in [6, 6.07) is -1.17. The number of ether oxygens (including phenoxy) is 2. The lowest BCUT2D eigenvalue weighted by Gasteiger charge is -2.38. The number of aliphatic hydroxyl groups excluding tert-OH is 2. The average Bonchev–Trinajstić information content (AvgIpc) is 2.18. The molecule has 1 rings (SSSR count). The molecule has 0 amide bonds. The first kappa shape index (κ1) is 12.3. The minimum atomic E-state index is -1.38. The first-order valence-electron chi connectivity index (χ1n) is 4.60. The van der Waals surface area contributed by atoms with E-state index in [0.29, 0.717) is 0 Å². The highest BCUT2D eigenvalue weighted by atomic mass is 16.7. The highest BCUT2D eigenvalue weighted by Gasteiger charge is 2.46. The largest absolute Gasteiger partial charge is 0.479 e. The SMILES string of the molecule is CCO[C@@H]1OC(C(=O)O)[C@@H](N)[C@@H](O)C1O. The Morgan fingerprint density at radius 1 is 1.47 bits per heavy atom. The summed E-state index contributed by atoms with van der Waals surface area (Å²) < 4.78 is 9.87. The summed E-state index contributed by atoms with van der Waals surface area (Å²) in [5.41, 5.74) is 5.40. The van der Waals surface area contributed by atoms with Gasteiger partial charge in [0.05, 0.1) is 6.04 Å². The fourth-order valence-corrected chi connectivity index (χ4v) is 1.41. The molecule has 15 heavy (non-hydrogen) atoms. The maximum Gasteiger partial charge on any atom is 0.334 e. The molecule has 88 valence electrons. The van der Waals surface area contributed by atoms with E-state index in [9.17, 15) is 15.0 Å². The van der Waals surface area contributed by atoms with E-state index in [1.165, 1.54) is 0 Å². The van der Waals surface area contributed by atoms with Gasteiger partial charge in [0.2, 0.25) is 0 Å². The molecule has 1 aliphatic rings. The predicted octanol–water partition coefficient (Wildman–Crippen LogP) is -2.12. The van der Waals surface area contributed by atoms with Crippen LogP contribution in [0.25, 0.3) is 0 Å². The van der Waals surface area contributed by atoms with Crippen molar-refractivity contribution >= 4 is 5.97 Å². The molecule has 1 heterocycles. The van der Waals surface area contributed by atoms with Gasteiger partial charge >= 0.3 is 5.97 Å². The molecule has 1 aliphatic heterocycles. The van der Waals surface area contributed by atoms with Crippen molar-refractivity contribution in [3.63, 3.8) is 0 Å². The van der Waals surface area contributed by atoms with E-state index < -0.39 is 36.6 Å². The molecular weight excluding hydrogens is 206 g/mol. The van der Waals surface area contributed by atoms with Gasteiger partial charge in [0.1, 0.15) is 12.2 Å². The molecule has 0 aliphatic carbocycles. The van der Waals surface area contributed by atoms with Gasteiger partial charge in [-0.2, -0.15) is 0 Å². The average molecular weight is 221 g/mol. The molecule has 0 bridgehead atoms. The Hall–Kier alpha value is -0.730. The Bertz CT molecular complexity index is 235. The third kappa shape index (κ3) is 2.44. The van der Waals surface area contributed by atoms with Crippen LogP contribution in [0.4, 0.5) is 0 Å². The molecule has 7 heteroatoms. The number of hydrogen-bond donors (Lipinski definition) is 4. The van der Waals surface area contributed by atoms with Crippen LogP contribution >= 0.6 is 0 Å². The maximum atomic E-state index is 10.7. The van der Waals surface area contributed by atoms with Crippen LogP contribution in [0.1, 0.15) is 6.92 Å². The lowest BCUT2D eigenvalue weighted by Crippen LogP contribution is -2.63. The van der Waals surface area contributed by atoms with Crippen molar-refractivity contribution in [2.75, 3.05) is 6.61 Å². The minimum absolute atomic E-state index is 0.232. The van der Waals surface area contributed by atoms with E-state index in [4.69, 9.17) is 20.3 Å². The first-order chi connectivity index (χ1) is 6.99. The van der Waals surface area contributed by atoms with Crippen LogP contribution in [0.2, 0.25) is 0 Å². The summed E-state index contributed by atoms with van der Waals surface area (Å²) in [5.74, 6) is -1.29. The van der Waals surface area contributed by atoms with Gasteiger partial charge in [0.25, 0.3) is 0 Å². The smallest absolute Gasteiger partial charge is 0.334 e. The van der Waals surface area contributed by atoms with Crippen molar-refractivity contribution < 1.29 is 29.6 Å². The van der Waals surface area contributed by atoms with Gasteiger partial charge in [-0.1, -0.05) is 0 Å². The fraction of sp³-hybridized carbons (Fsp3) is 0.875. The van der Waals surface area contributed by atoms with Gasteiger partial charge in [-0.05, 0) is 6.92 Å². The van der Waals surface area contributed by atoms with Crippen LogP contribution in [0.3, 0.4) is 0 Å². The van der Waals surface area contributed by atoms with Gasteiger partial charge in [-0.3, -0.25) is 0 Å². The second-order valence-electron chi connectivity index (χ2n) is 3.28. The van der Waals surface area contributed by atoms with E-state index in [1.54, 1.807) is 6.92 Å². The van der Waals surface area contributed by atoms with Crippen LogP contribution in [-0.2, 0) is 14.3 Å². The van der Waals surface area contributed by atoms with Gasteiger partial charge in [-0.25, -0.2) is 4.79 Å². The van der Waals surface area contributed by atoms with Crippen molar-refractivity contribution in [3.8, 4) is 0 Å². The number of hydrogen-bond acceptors (Lipinski definition) is 6. The number of rotatable bonds is 3. The van der Waals surface area contributed by atoms with Crippen molar-refractivity contribution in [2.24, 2.45) is 5.73 Å². The second-order valence-corrected chi connectivity index (χ2v) is 3.28. The van der Waals surface area contributed by atoms with Crippen molar-refractivity contribution in [1.82, 2.24) is 0 Å². The fourth-order valence-electron chi connectivity index (χ4n) is 1.41. The lowest BCUT2D eigenvalue weighted by atomic mass is 9.97. The third-order valence-electron chi connectivity index (χ3n) is 2.23. The zero-order valence-electron chi connectivity index (χ0n) is 8.24. The van der Waals surface area contributed by atoms with E-state index >= 15 is 0 Å². The molecule has 1 fully saturated rings. The van der Waals surface area contributed by atoms with Crippen LogP contribution in [-0.4, -0.2) is 58.5 Å². The Morgan fingerprint density at radius 3 is 2.53 bits per heavy atom. The van der Waals surface area contributed by atoms with E-state index in [0.717, 1.165) is 0 Å². The Labute approximate surface area is 86.4 Å². The van der Waals surface area contributed by atoms with Crippen molar-refractivity contribution in [3.05, 3.63) is 0 Å². The van der Waals surface area contributed by atoms with Crippen LogP contribution in [0.5, 0.6) is 0 Å². The number of carboxylic acid groups (broad SMARTS) is 1. The normalized spacial score (nSPS) is 41.5. The standard InChI is InChI=1S/C8H15NO6/c1-2-14-8-5(11)4(10)3(9)6(15-8)7(12)13/h3-6,8,10-11H,2,9H2,1H3,(H,12,13)/t3-,4+,5?,6?,8+/m0/s1. The quantitative estimate of drug-likeness (QED) is 0.429. The predicted molar refractivity (Wildman–Crippen MR) is 47.9 cm³/mol. The first-order valence-corrected chi connectivity index (χ1v) is 4.60. The molecule has 0 radical (unpaired) electrons. The molecule has 5 atom stereocenters. The number of nitrogens with two attached hydrogens (primary N) is 1. The second kappa shape index (κ2) is 4.86. The van der Waals surface area contributed by atoms with Gasteiger partial charge < -0.3 is 30.5 Å². The molecule has 7 nitrogen and oxygen atoms in total. The molecule has 2 unspecified atom stereocenters. The summed E-state index contributed by atoms with van der Waals surface area (Å²) in [7, 11) is 0. The zero-order chi connectivity index (χ0) is 11.6. The summed E-state index contributed by atoms with van der Waals surface area (Å²) in [6.45, 7) is 1.89. The van der Waals surface area contributed by atoms with Gasteiger partial charge in [0.15, 0.2) is 12.4 Å². The van der Waals surface area contributed by atoms with E-state index in [-0.39, 0.29) is 6.61 Å². The maximum absolute atomic E-state index is 10.7. The monoisotopic (exact) mass is 221 g/mol. The number of aliphatic carboxylic acids is 1. The highest BCUT2D eigenvalue weighted by molar-refractivity contribution is 5.73. The molecule has 0 spiro atoms. The summed E-state index contributed by atoms with van der Waals surface area (Å²) in [5, 5.41) is 27.7. The summed E-state index contributed by atoms with van der Waals surface area (Å²) >= 11 is 0. The van der Waals surface area contributed by atoms with Gasteiger partial charge in [0, 0.05) is 6.61 Å². The van der Waals surface area contributed by atoms with Crippen LogP contribution in [0, 0.1) is 0 Å². The lowest BCUT2D eigenvalue weighted by molar-refractivity contribution is -0.270. The van der Waals surface area contributed by atoms with Crippen LogP contribution in [0.15, 0.2) is 0 Å². The van der Waals surface area contributed by atoms with Gasteiger partial charge in [-0.15, -0.1) is 0 Å². The highest BCUT2D eigenvalue weighted by Crippen LogP contribution is 2.20. The molecule has 0 aromatic heterocycles. The van der Waals surface area contributed by atoms with Crippen molar-refractivity contribution in [2.45, 2.75) is 37.6 Å². The minimum Gasteiger partial charge on any atom is -0.479 e. The molecule has 5 N–H and O–H groups in total. The van der Waals surface area contributed by atoms with E-state index in [2.05, 4.69) is 0 Å². The van der Waals surface area contributed by atoms with E-state index in [1.807, 2.05) is 0 Å². The molecule has 0 aromatic carbocycles. The zero-order valence-corrected chi connectivity index (χ0v) is 8.24. The molecule has 0 saturated carbocycles. The molecule has 0 aromatic rings. The third-order valence-corrected chi connectivity index (χ3v) is 2.23. The topological polar surface area (TPSA) is 122 Å². The Kier molecular flexibility index (Phi) is 4.00. The number of carboxylic acids is 1. The molecular formula is C8H15NO6. The number of carbonyl (C=O) groups is 1. The Morgan fingerprint density at radius 2 is 2.07 bits per heavy atom. The summed E-state index contributed by atoms with van der Waals surface area (Å²) in [6.07, 6.45) is -5.25. The van der Waals surface area contributed by atoms with Crippen molar-refractivity contribution in [1.29, 1.82) is 0 Å².